The lowest BCUT2D eigenvalue weighted by atomic mass is 10.2. The molecule has 86 valence electrons. The molecule has 0 aromatic carbocycles. The van der Waals surface area contributed by atoms with Gasteiger partial charge in [0.05, 0.1) is 6.61 Å². The van der Waals surface area contributed by atoms with E-state index in [0.29, 0.717) is 12.4 Å². The van der Waals surface area contributed by atoms with Crippen LogP contribution in [0.5, 0.6) is 0 Å². The van der Waals surface area contributed by atoms with Gasteiger partial charge in [0, 0.05) is 31.4 Å². The SMILES string of the molecule is C=N/C(N)=C\C(=C)N(C)CC(CO)NC. The van der Waals surface area contributed by atoms with E-state index in [1.807, 2.05) is 11.9 Å². The molecule has 0 rings (SSSR count). The van der Waals surface area contributed by atoms with Crippen molar-refractivity contribution in [2.75, 3.05) is 27.2 Å². The Kier molecular flexibility index (Phi) is 6.40. The van der Waals surface area contributed by atoms with Crippen molar-refractivity contribution in [2.24, 2.45) is 10.7 Å². The third kappa shape index (κ3) is 5.19. The molecule has 4 N–H and O–H groups in total. The number of aliphatic hydroxyl groups excluding tert-OH is 1. The van der Waals surface area contributed by atoms with E-state index in [1.54, 1.807) is 13.1 Å². The van der Waals surface area contributed by atoms with Gasteiger partial charge in [-0.25, -0.2) is 4.99 Å². The summed E-state index contributed by atoms with van der Waals surface area (Å²) >= 11 is 0. The quantitative estimate of drug-likeness (QED) is 0.393. The molecule has 0 aromatic heterocycles. The summed E-state index contributed by atoms with van der Waals surface area (Å²) in [5.41, 5.74) is 6.22. The fourth-order valence-electron chi connectivity index (χ4n) is 1.01. The zero-order valence-corrected chi connectivity index (χ0v) is 9.40. The Morgan fingerprint density at radius 3 is 2.73 bits per heavy atom. The first-order valence-electron chi connectivity index (χ1n) is 4.67. The van der Waals surface area contributed by atoms with Gasteiger partial charge in [-0.15, -0.1) is 0 Å². The number of nitrogens with two attached hydrogens (primary N) is 1. The maximum atomic E-state index is 9.00. The van der Waals surface area contributed by atoms with Crippen LogP contribution in [0.1, 0.15) is 0 Å². The summed E-state index contributed by atoms with van der Waals surface area (Å²) in [6.07, 6.45) is 1.64. The Bertz CT molecular complexity index is 246. The van der Waals surface area contributed by atoms with Crippen LogP contribution in [0.4, 0.5) is 0 Å². The van der Waals surface area contributed by atoms with E-state index in [-0.39, 0.29) is 12.6 Å². The van der Waals surface area contributed by atoms with E-state index in [2.05, 4.69) is 23.6 Å². The Morgan fingerprint density at radius 2 is 2.33 bits per heavy atom. The lowest BCUT2D eigenvalue weighted by molar-refractivity contribution is 0.221. The third-order valence-corrected chi connectivity index (χ3v) is 2.11. The van der Waals surface area contributed by atoms with Gasteiger partial charge in [0.2, 0.25) is 0 Å². The molecule has 0 amide bonds. The minimum Gasteiger partial charge on any atom is -0.395 e. The van der Waals surface area contributed by atoms with Crippen LogP contribution < -0.4 is 11.1 Å². The van der Waals surface area contributed by atoms with E-state index >= 15 is 0 Å². The van der Waals surface area contributed by atoms with Gasteiger partial charge in [-0.2, -0.15) is 0 Å². The maximum Gasteiger partial charge on any atom is 0.124 e. The number of rotatable bonds is 7. The van der Waals surface area contributed by atoms with E-state index in [9.17, 15) is 0 Å². The largest absolute Gasteiger partial charge is 0.395 e. The number of nitrogens with one attached hydrogen (secondary N) is 1. The van der Waals surface area contributed by atoms with Gasteiger partial charge in [0.1, 0.15) is 5.82 Å². The molecule has 1 unspecified atom stereocenters. The van der Waals surface area contributed by atoms with Crippen LogP contribution in [0.25, 0.3) is 0 Å². The Balaban J connectivity index is 4.26. The van der Waals surface area contributed by atoms with Gasteiger partial charge in [-0.3, -0.25) is 0 Å². The minimum atomic E-state index is 0.0121. The van der Waals surface area contributed by atoms with Crippen LogP contribution >= 0.6 is 0 Å². The molecule has 0 aromatic rings. The predicted octanol–water partition coefficient (Wildman–Crippen LogP) is -0.487. The van der Waals surface area contributed by atoms with E-state index in [1.165, 1.54) is 0 Å². The highest BCUT2D eigenvalue weighted by molar-refractivity contribution is 5.30. The van der Waals surface area contributed by atoms with E-state index in [4.69, 9.17) is 10.8 Å². The van der Waals surface area contributed by atoms with Gasteiger partial charge in [0.25, 0.3) is 0 Å². The van der Waals surface area contributed by atoms with Gasteiger partial charge < -0.3 is 21.1 Å². The van der Waals surface area contributed by atoms with Crippen molar-refractivity contribution in [3.05, 3.63) is 24.2 Å². The van der Waals surface area contributed by atoms with Crippen molar-refractivity contribution in [1.82, 2.24) is 10.2 Å². The molecule has 15 heavy (non-hydrogen) atoms. The zero-order chi connectivity index (χ0) is 11.8. The average Bonchev–Trinajstić information content (AvgIpc) is 2.24. The minimum absolute atomic E-state index is 0.0121. The van der Waals surface area contributed by atoms with Gasteiger partial charge in [-0.1, -0.05) is 6.58 Å². The molecule has 0 aliphatic carbocycles. The first kappa shape index (κ1) is 13.7. The van der Waals surface area contributed by atoms with Crippen LogP contribution in [0.2, 0.25) is 0 Å². The van der Waals surface area contributed by atoms with Gasteiger partial charge >= 0.3 is 0 Å². The van der Waals surface area contributed by atoms with Crippen LogP contribution in [0, 0.1) is 0 Å². The van der Waals surface area contributed by atoms with Crippen molar-refractivity contribution >= 4 is 6.72 Å². The van der Waals surface area contributed by atoms with Crippen molar-refractivity contribution in [3.63, 3.8) is 0 Å². The van der Waals surface area contributed by atoms with E-state index < -0.39 is 0 Å². The fraction of sp³-hybridized carbons (Fsp3) is 0.500. The number of hydrogen-bond donors (Lipinski definition) is 3. The highest BCUT2D eigenvalue weighted by Crippen LogP contribution is 2.03. The molecule has 0 spiro atoms. The Morgan fingerprint density at radius 1 is 1.73 bits per heavy atom. The van der Waals surface area contributed by atoms with Crippen LogP contribution in [-0.2, 0) is 0 Å². The summed E-state index contributed by atoms with van der Waals surface area (Å²) in [5, 5.41) is 12.0. The van der Waals surface area contributed by atoms with Crippen molar-refractivity contribution in [3.8, 4) is 0 Å². The lowest BCUT2D eigenvalue weighted by Crippen LogP contribution is -2.39. The molecule has 0 saturated heterocycles. The summed E-state index contributed by atoms with van der Waals surface area (Å²) in [6.45, 7) is 7.87. The highest BCUT2D eigenvalue weighted by Gasteiger charge is 2.08. The summed E-state index contributed by atoms with van der Waals surface area (Å²) in [6, 6.07) is 0.0121. The summed E-state index contributed by atoms with van der Waals surface area (Å²) in [5.74, 6) is 0.330. The van der Waals surface area contributed by atoms with Crippen molar-refractivity contribution < 1.29 is 5.11 Å². The molecule has 0 aliphatic rings. The fourth-order valence-corrected chi connectivity index (χ4v) is 1.01. The molecular formula is C10H20N4O. The van der Waals surface area contributed by atoms with Crippen LogP contribution in [0.15, 0.2) is 29.2 Å². The van der Waals surface area contributed by atoms with Crippen molar-refractivity contribution in [1.29, 1.82) is 0 Å². The molecule has 0 bridgehead atoms. The number of aliphatic hydroxyl groups is 1. The lowest BCUT2D eigenvalue weighted by Gasteiger charge is -2.24. The van der Waals surface area contributed by atoms with Crippen LogP contribution in [-0.4, -0.2) is 50.0 Å². The standard InChI is InChI=1S/C10H20N4O/c1-8(5-10(11)13-3)14(4)6-9(7-15)12-2/h5,9,12,15H,1,3,6-7,11H2,2,4H3/b10-5-. The van der Waals surface area contributed by atoms with Gasteiger partial charge in [0.15, 0.2) is 0 Å². The number of nitrogens with zero attached hydrogens (tertiary/aromatic N) is 2. The first-order chi connectivity index (χ1) is 7.04. The molecule has 5 nitrogen and oxygen atoms in total. The van der Waals surface area contributed by atoms with Gasteiger partial charge in [-0.05, 0) is 13.8 Å². The van der Waals surface area contributed by atoms with Crippen molar-refractivity contribution in [2.45, 2.75) is 6.04 Å². The maximum absolute atomic E-state index is 9.00. The summed E-state index contributed by atoms with van der Waals surface area (Å²) < 4.78 is 0. The highest BCUT2D eigenvalue weighted by atomic mass is 16.3. The molecule has 0 aliphatic heterocycles. The summed E-state index contributed by atoms with van der Waals surface area (Å²) in [4.78, 5) is 5.45. The third-order valence-electron chi connectivity index (χ3n) is 2.11. The molecule has 0 fully saturated rings. The summed E-state index contributed by atoms with van der Waals surface area (Å²) in [7, 11) is 3.67. The molecular weight excluding hydrogens is 192 g/mol. The second kappa shape index (κ2) is 7.03. The number of aliphatic imine (C=N–C) groups is 1. The zero-order valence-electron chi connectivity index (χ0n) is 9.40. The monoisotopic (exact) mass is 212 g/mol. The first-order valence-corrected chi connectivity index (χ1v) is 4.67. The smallest absolute Gasteiger partial charge is 0.124 e. The molecule has 0 saturated carbocycles. The molecule has 5 heteroatoms. The molecule has 1 atom stereocenters. The second-order valence-corrected chi connectivity index (χ2v) is 3.27. The Labute approximate surface area is 91.0 Å². The van der Waals surface area contributed by atoms with Crippen LogP contribution in [0.3, 0.4) is 0 Å². The topological polar surface area (TPSA) is 73.9 Å². The normalized spacial score (nSPS) is 13.4. The molecule has 0 heterocycles. The van der Waals surface area contributed by atoms with E-state index in [0.717, 1.165) is 5.70 Å². The predicted molar refractivity (Wildman–Crippen MR) is 63.5 cm³/mol. The Hall–Kier alpha value is -1.33. The average molecular weight is 212 g/mol. The molecule has 0 radical (unpaired) electrons. The second-order valence-electron chi connectivity index (χ2n) is 3.27. The number of allylic oxidation sites excluding steroid dienone is 1. The number of hydrogen-bond acceptors (Lipinski definition) is 5. The number of likely N-dealkylation sites (N-methyl/N-ethyl adjacent to an activating group) is 2.